The first kappa shape index (κ1) is 17.2. The molecule has 0 radical (unpaired) electrons. The molecule has 0 aliphatic carbocycles. The van der Waals surface area contributed by atoms with Crippen molar-refractivity contribution in [2.75, 3.05) is 39.3 Å². The standard InChI is InChI=1S/C15H19F2N3O3S/c16-12-1-2-14(13(17)9-12)24(22,23)20-7-5-19(6-8-20)15(21)11-3-4-18-10-11/h1-2,9,11,18H,3-8,10H2. The first-order valence-corrected chi connectivity index (χ1v) is 9.28. The van der Waals surface area contributed by atoms with Crippen molar-refractivity contribution < 1.29 is 22.0 Å². The van der Waals surface area contributed by atoms with Crippen molar-refractivity contribution in [3.63, 3.8) is 0 Å². The van der Waals surface area contributed by atoms with Crippen LogP contribution in [0.1, 0.15) is 6.42 Å². The molecular weight excluding hydrogens is 340 g/mol. The molecule has 24 heavy (non-hydrogen) atoms. The average molecular weight is 359 g/mol. The minimum Gasteiger partial charge on any atom is -0.340 e. The van der Waals surface area contributed by atoms with E-state index in [9.17, 15) is 22.0 Å². The summed E-state index contributed by atoms with van der Waals surface area (Å²) >= 11 is 0. The molecule has 2 saturated heterocycles. The normalized spacial score (nSPS) is 22.8. The molecule has 9 heteroatoms. The monoisotopic (exact) mass is 359 g/mol. The van der Waals surface area contributed by atoms with E-state index < -0.39 is 26.6 Å². The lowest BCUT2D eigenvalue weighted by atomic mass is 10.1. The number of sulfonamides is 1. The number of amides is 1. The number of benzene rings is 1. The maximum atomic E-state index is 13.8. The number of piperazine rings is 1. The van der Waals surface area contributed by atoms with E-state index in [0.29, 0.717) is 12.6 Å². The van der Waals surface area contributed by atoms with Crippen LogP contribution in [-0.2, 0) is 14.8 Å². The summed E-state index contributed by atoms with van der Waals surface area (Å²) in [5.41, 5.74) is 0. The summed E-state index contributed by atoms with van der Waals surface area (Å²) in [6.45, 7) is 2.22. The molecule has 2 aliphatic heterocycles. The van der Waals surface area contributed by atoms with Gasteiger partial charge >= 0.3 is 0 Å². The molecule has 0 spiro atoms. The number of hydrogen-bond donors (Lipinski definition) is 1. The van der Waals surface area contributed by atoms with Crippen molar-refractivity contribution in [2.45, 2.75) is 11.3 Å². The van der Waals surface area contributed by atoms with E-state index in [-0.39, 0.29) is 38.0 Å². The maximum absolute atomic E-state index is 13.8. The van der Waals surface area contributed by atoms with E-state index in [0.717, 1.165) is 29.4 Å². The molecule has 1 atom stereocenters. The third-order valence-corrected chi connectivity index (χ3v) is 6.40. The van der Waals surface area contributed by atoms with Crippen LogP contribution in [0.15, 0.2) is 23.1 Å². The number of nitrogens with zero attached hydrogens (tertiary/aromatic N) is 2. The molecular formula is C15H19F2N3O3S. The molecule has 3 rings (SSSR count). The van der Waals surface area contributed by atoms with Crippen molar-refractivity contribution in [3.8, 4) is 0 Å². The van der Waals surface area contributed by atoms with E-state index in [2.05, 4.69) is 5.32 Å². The van der Waals surface area contributed by atoms with Gasteiger partial charge in [0.2, 0.25) is 15.9 Å². The minimum atomic E-state index is -4.04. The fourth-order valence-electron chi connectivity index (χ4n) is 3.10. The van der Waals surface area contributed by atoms with Gasteiger partial charge in [0.15, 0.2) is 0 Å². The Morgan fingerprint density at radius 3 is 2.46 bits per heavy atom. The fourth-order valence-corrected chi connectivity index (χ4v) is 4.56. The molecule has 0 bridgehead atoms. The van der Waals surface area contributed by atoms with Gasteiger partial charge in [-0.3, -0.25) is 4.79 Å². The van der Waals surface area contributed by atoms with Crippen LogP contribution in [0.3, 0.4) is 0 Å². The maximum Gasteiger partial charge on any atom is 0.246 e. The largest absolute Gasteiger partial charge is 0.340 e. The Kier molecular flexibility index (Phi) is 4.84. The Bertz CT molecular complexity index is 727. The van der Waals surface area contributed by atoms with Gasteiger partial charge in [-0.15, -0.1) is 0 Å². The van der Waals surface area contributed by atoms with Crippen LogP contribution >= 0.6 is 0 Å². The molecule has 1 aromatic carbocycles. The van der Waals surface area contributed by atoms with Gasteiger partial charge in [-0.2, -0.15) is 4.31 Å². The Hall–Kier alpha value is -1.58. The molecule has 132 valence electrons. The van der Waals surface area contributed by atoms with Crippen LogP contribution in [-0.4, -0.2) is 62.8 Å². The molecule has 2 fully saturated rings. The van der Waals surface area contributed by atoms with Crippen LogP contribution in [0.25, 0.3) is 0 Å². The summed E-state index contributed by atoms with van der Waals surface area (Å²) in [6, 6.07) is 2.41. The van der Waals surface area contributed by atoms with E-state index in [1.54, 1.807) is 4.90 Å². The zero-order valence-electron chi connectivity index (χ0n) is 13.0. The Morgan fingerprint density at radius 2 is 1.88 bits per heavy atom. The quantitative estimate of drug-likeness (QED) is 0.849. The molecule has 2 aliphatic rings. The number of carbonyl (C=O) groups excluding carboxylic acids is 1. The summed E-state index contributed by atoms with van der Waals surface area (Å²) in [7, 11) is -4.04. The number of halogens is 2. The number of carbonyl (C=O) groups is 1. The van der Waals surface area contributed by atoms with Crippen molar-refractivity contribution >= 4 is 15.9 Å². The van der Waals surface area contributed by atoms with Gasteiger partial charge in [0, 0.05) is 38.8 Å². The number of hydrogen-bond acceptors (Lipinski definition) is 4. The fraction of sp³-hybridized carbons (Fsp3) is 0.533. The smallest absolute Gasteiger partial charge is 0.246 e. The van der Waals surface area contributed by atoms with Gasteiger partial charge in [0.25, 0.3) is 0 Å². The molecule has 1 unspecified atom stereocenters. The highest BCUT2D eigenvalue weighted by Crippen LogP contribution is 2.22. The zero-order valence-corrected chi connectivity index (χ0v) is 13.9. The molecule has 1 amide bonds. The van der Waals surface area contributed by atoms with E-state index in [1.165, 1.54) is 0 Å². The van der Waals surface area contributed by atoms with Gasteiger partial charge in [0.05, 0.1) is 5.92 Å². The molecule has 0 saturated carbocycles. The van der Waals surface area contributed by atoms with Gasteiger partial charge in [-0.05, 0) is 25.1 Å². The lowest BCUT2D eigenvalue weighted by molar-refractivity contribution is -0.136. The van der Waals surface area contributed by atoms with E-state index in [4.69, 9.17) is 0 Å². The van der Waals surface area contributed by atoms with Gasteiger partial charge in [0.1, 0.15) is 16.5 Å². The highest BCUT2D eigenvalue weighted by atomic mass is 32.2. The topological polar surface area (TPSA) is 69.7 Å². The molecule has 1 aromatic rings. The minimum absolute atomic E-state index is 0.0324. The zero-order chi connectivity index (χ0) is 17.3. The first-order chi connectivity index (χ1) is 11.4. The predicted molar refractivity (Wildman–Crippen MR) is 82.7 cm³/mol. The molecule has 1 N–H and O–H groups in total. The highest BCUT2D eigenvalue weighted by molar-refractivity contribution is 7.89. The van der Waals surface area contributed by atoms with E-state index in [1.807, 2.05) is 0 Å². The van der Waals surface area contributed by atoms with Crippen LogP contribution in [0.2, 0.25) is 0 Å². The second-order valence-corrected chi connectivity index (χ2v) is 7.90. The van der Waals surface area contributed by atoms with Crippen LogP contribution in [0, 0.1) is 17.6 Å². The van der Waals surface area contributed by atoms with Gasteiger partial charge in [-0.25, -0.2) is 17.2 Å². The lowest BCUT2D eigenvalue weighted by Gasteiger charge is -2.35. The Labute approximate surface area is 139 Å². The van der Waals surface area contributed by atoms with Crippen LogP contribution < -0.4 is 5.32 Å². The number of rotatable bonds is 3. The summed E-state index contributed by atoms with van der Waals surface area (Å²) in [5.74, 6) is -1.95. The van der Waals surface area contributed by atoms with Crippen molar-refractivity contribution in [1.29, 1.82) is 0 Å². The lowest BCUT2D eigenvalue weighted by Crippen LogP contribution is -2.52. The number of nitrogens with one attached hydrogen (secondary N) is 1. The predicted octanol–water partition coefficient (Wildman–Crippen LogP) is 0.407. The molecule has 2 heterocycles. The average Bonchev–Trinajstić information content (AvgIpc) is 3.08. The van der Waals surface area contributed by atoms with Crippen molar-refractivity contribution in [1.82, 2.24) is 14.5 Å². The van der Waals surface area contributed by atoms with Crippen LogP contribution in [0.4, 0.5) is 8.78 Å². The van der Waals surface area contributed by atoms with Gasteiger partial charge in [-0.1, -0.05) is 0 Å². The van der Waals surface area contributed by atoms with E-state index >= 15 is 0 Å². The summed E-state index contributed by atoms with van der Waals surface area (Å²) < 4.78 is 52.9. The SMILES string of the molecule is O=C(C1CCNC1)N1CCN(S(=O)(=O)c2ccc(F)cc2F)CC1. The highest BCUT2D eigenvalue weighted by Gasteiger charge is 2.34. The molecule has 6 nitrogen and oxygen atoms in total. The Balaban J connectivity index is 1.68. The third kappa shape index (κ3) is 3.28. The second-order valence-electron chi connectivity index (χ2n) is 5.99. The van der Waals surface area contributed by atoms with Crippen molar-refractivity contribution in [2.24, 2.45) is 5.92 Å². The summed E-state index contributed by atoms with van der Waals surface area (Å²) in [4.78, 5) is 13.5. The second kappa shape index (κ2) is 6.73. The summed E-state index contributed by atoms with van der Waals surface area (Å²) in [5, 5.41) is 3.13. The first-order valence-electron chi connectivity index (χ1n) is 7.84. The van der Waals surface area contributed by atoms with Gasteiger partial charge < -0.3 is 10.2 Å². The van der Waals surface area contributed by atoms with Crippen molar-refractivity contribution in [3.05, 3.63) is 29.8 Å². The third-order valence-electron chi connectivity index (χ3n) is 4.47. The Morgan fingerprint density at radius 1 is 1.17 bits per heavy atom. The molecule has 0 aromatic heterocycles. The van der Waals surface area contributed by atoms with Crippen LogP contribution in [0.5, 0.6) is 0 Å². The summed E-state index contributed by atoms with van der Waals surface area (Å²) in [6.07, 6.45) is 0.790.